The van der Waals surface area contributed by atoms with E-state index in [0.717, 1.165) is 24.1 Å². The van der Waals surface area contributed by atoms with Crippen LogP contribution < -0.4 is 0 Å². The molecule has 1 saturated heterocycles. The lowest BCUT2D eigenvalue weighted by Crippen LogP contribution is -2.33. The maximum absolute atomic E-state index is 13.2. The summed E-state index contributed by atoms with van der Waals surface area (Å²) in [7, 11) is 0. The number of allylic oxidation sites excluding steroid dienone is 4. The third kappa shape index (κ3) is 7.46. The number of hydrogen-bond acceptors (Lipinski definition) is 2. The van der Waals surface area contributed by atoms with Gasteiger partial charge < -0.3 is 4.90 Å². The summed E-state index contributed by atoms with van der Waals surface area (Å²) in [6, 6.07) is 8.29. The van der Waals surface area contributed by atoms with E-state index < -0.39 is 6.17 Å². The van der Waals surface area contributed by atoms with Crippen molar-refractivity contribution in [2.75, 3.05) is 13.1 Å². The Bertz CT molecular complexity index is 726. The van der Waals surface area contributed by atoms with Gasteiger partial charge in [0.15, 0.2) is 5.78 Å². The number of nitrogens with zero attached hydrogens (tertiary/aromatic N) is 1. The number of rotatable bonds is 9. The lowest BCUT2D eigenvalue weighted by molar-refractivity contribution is -0.115. The number of hydrogen-bond donors (Lipinski definition) is 0. The molecule has 2 rings (SSSR count). The molecule has 0 aliphatic carbocycles. The Morgan fingerprint density at radius 1 is 1.32 bits per heavy atom. The molecule has 1 aliphatic rings. The van der Waals surface area contributed by atoms with Crippen LogP contribution in [0, 0.1) is 12.8 Å². The molecule has 1 fully saturated rings. The van der Waals surface area contributed by atoms with E-state index in [-0.39, 0.29) is 5.78 Å². The summed E-state index contributed by atoms with van der Waals surface area (Å²) in [5.74, 6) is 0.571. The van der Waals surface area contributed by atoms with Gasteiger partial charge in [-0.05, 0) is 62.7 Å². The first-order chi connectivity index (χ1) is 13.3. The molecule has 0 radical (unpaired) electrons. The van der Waals surface area contributed by atoms with Gasteiger partial charge in [-0.25, -0.2) is 4.39 Å². The second-order valence-corrected chi connectivity index (χ2v) is 8.11. The Kier molecular flexibility index (Phi) is 8.69. The normalized spacial score (nSPS) is 17.1. The van der Waals surface area contributed by atoms with Crippen LogP contribution in [0.4, 0.5) is 4.39 Å². The molecule has 28 heavy (non-hydrogen) atoms. The molecule has 1 aliphatic heterocycles. The molecule has 1 heterocycles. The molecule has 0 spiro atoms. The van der Waals surface area contributed by atoms with Crippen molar-refractivity contribution in [2.24, 2.45) is 5.92 Å². The minimum atomic E-state index is -0.687. The van der Waals surface area contributed by atoms with Crippen LogP contribution in [-0.2, 0) is 4.79 Å². The van der Waals surface area contributed by atoms with E-state index in [0.29, 0.717) is 38.3 Å². The summed E-state index contributed by atoms with van der Waals surface area (Å²) in [5, 5.41) is 0. The molecule has 2 nitrogen and oxygen atoms in total. The second kappa shape index (κ2) is 11.0. The predicted octanol–water partition coefficient (Wildman–Crippen LogP) is 6.28. The maximum atomic E-state index is 13.2. The third-order valence-corrected chi connectivity index (χ3v) is 5.47. The minimum absolute atomic E-state index is 0.160. The fourth-order valence-electron chi connectivity index (χ4n) is 3.58. The van der Waals surface area contributed by atoms with Gasteiger partial charge in [-0.3, -0.25) is 4.79 Å². The maximum Gasteiger partial charge on any atom is 0.157 e. The highest BCUT2D eigenvalue weighted by atomic mass is 19.1. The standard InChI is InChI=1S/C25H34FNO/c1-19(9-11-23-8-6-5-7-21(23)3)17-20(2)10-12-25(28)18-22(4)27-15-13-24(26)14-16-27/h5-9,11,18,20,24H,1,10,12-17H2,2-4H3/b11-9?,22-18-. The van der Waals surface area contributed by atoms with Crippen molar-refractivity contribution in [1.82, 2.24) is 4.90 Å². The number of ketones is 1. The second-order valence-electron chi connectivity index (χ2n) is 8.11. The van der Waals surface area contributed by atoms with Crippen LogP contribution in [0.15, 0.2) is 54.3 Å². The fraction of sp³-hybridized carbons (Fsp3) is 0.480. The first-order valence-corrected chi connectivity index (χ1v) is 10.4. The average Bonchev–Trinajstić information content (AvgIpc) is 2.66. The van der Waals surface area contributed by atoms with Gasteiger partial charge in [0.05, 0.1) is 0 Å². The minimum Gasteiger partial charge on any atom is -0.375 e. The molecule has 0 N–H and O–H groups in total. The number of alkyl halides is 1. The molecular formula is C25H34FNO. The van der Waals surface area contributed by atoms with Crippen molar-refractivity contribution in [3.8, 4) is 0 Å². The van der Waals surface area contributed by atoms with E-state index >= 15 is 0 Å². The first-order valence-electron chi connectivity index (χ1n) is 10.4. The zero-order chi connectivity index (χ0) is 20.5. The smallest absolute Gasteiger partial charge is 0.157 e. The highest BCUT2D eigenvalue weighted by Crippen LogP contribution is 2.20. The number of halogens is 1. The van der Waals surface area contributed by atoms with Crippen molar-refractivity contribution in [2.45, 2.75) is 59.0 Å². The Morgan fingerprint density at radius 3 is 2.68 bits per heavy atom. The molecular weight excluding hydrogens is 349 g/mol. The molecule has 0 saturated carbocycles. The van der Waals surface area contributed by atoms with Gasteiger partial charge in [0.2, 0.25) is 0 Å². The predicted molar refractivity (Wildman–Crippen MR) is 117 cm³/mol. The summed E-state index contributed by atoms with van der Waals surface area (Å²) >= 11 is 0. The summed E-state index contributed by atoms with van der Waals surface area (Å²) < 4.78 is 13.2. The topological polar surface area (TPSA) is 20.3 Å². The quantitative estimate of drug-likeness (QED) is 0.369. The van der Waals surface area contributed by atoms with Crippen molar-refractivity contribution < 1.29 is 9.18 Å². The Balaban J connectivity index is 1.74. The van der Waals surface area contributed by atoms with E-state index in [4.69, 9.17) is 0 Å². The van der Waals surface area contributed by atoms with Crippen molar-refractivity contribution in [3.05, 3.63) is 65.4 Å². The Morgan fingerprint density at radius 2 is 2.00 bits per heavy atom. The molecule has 0 amide bonds. The summed E-state index contributed by atoms with van der Waals surface area (Å²) in [6.45, 7) is 11.8. The largest absolute Gasteiger partial charge is 0.375 e. The number of aryl methyl sites for hydroxylation is 1. The zero-order valence-electron chi connectivity index (χ0n) is 17.6. The Hall–Kier alpha value is -2.16. The summed E-state index contributed by atoms with van der Waals surface area (Å²) in [5.41, 5.74) is 4.52. The number of likely N-dealkylation sites (tertiary alicyclic amines) is 1. The molecule has 0 bridgehead atoms. The fourth-order valence-corrected chi connectivity index (χ4v) is 3.58. The van der Waals surface area contributed by atoms with Crippen molar-refractivity contribution in [3.63, 3.8) is 0 Å². The molecule has 3 heteroatoms. The zero-order valence-corrected chi connectivity index (χ0v) is 17.6. The number of carbonyl (C=O) groups is 1. The van der Waals surface area contributed by atoms with Gasteiger partial charge in [-0.2, -0.15) is 0 Å². The van der Waals surface area contributed by atoms with Crippen molar-refractivity contribution >= 4 is 11.9 Å². The van der Waals surface area contributed by atoms with Crippen LogP contribution in [0.1, 0.15) is 57.1 Å². The summed E-state index contributed by atoms with van der Waals surface area (Å²) in [6.07, 6.45) is 8.66. The average molecular weight is 384 g/mol. The van der Waals surface area contributed by atoms with Gasteiger partial charge >= 0.3 is 0 Å². The van der Waals surface area contributed by atoms with Crippen LogP contribution in [0.3, 0.4) is 0 Å². The van der Waals surface area contributed by atoms with Gasteiger partial charge in [-0.1, -0.05) is 55.5 Å². The van der Waals surface area contributed by atoms with Gasteiger partial charge in [0, 0.05) is 25.2 Å². The summed E-state index contributed by atoms with van der Waals surface area (Å²) in [4.78, 5) is 14.4. The number of benzene rings is 1. The SMILES string of the molecule is C=C(C=Cc1ccccc1C)CC(C)CCC(=O)/C=C(/C)N1CCC(F)CC1. The van der Waals surface area contributed by atoms with Crippen LogP contribution in [0.5, 0.6) is 0 Å². The molecule has 0 aromatic heterocycles. The first kappa shape index (κ1) is 22.1. The highest BCUT2D eigenvalue weighted by molar-refractivity contribution is 5.90. The van der Waals surface area contributed by atoms with E-state index in [9.17, 15) is 9.18 Å². The third-order valence-electron chi connectivity index (χ3n) is 5.47. The Labute approximate surface area is 169 Å². The van der Waals surface area contributed by atoms with E-state index in [1.54, 1.807) is 6.08 Å². The van der Waals surface area contributed by atoms with Crippen LogP contribution >= 0.6 is 0 Å². The molecule has 1 aromatic rings. The lowest BCUT2D eigenvalue weighted by Gasteiger charge is -2.31. The number of carbonyl (C=O) groups excluding carboxylic acids is 1. The van der Waals surface area contributed by atoms with Gasteiger partial charge in [0.1, 0.15) is 6.17 Å². The van der Waals surface area contributed by atoms with Crippen LogP contribution in [0.2, 0.25) is 0 Å². The van der Waals surface area contributed by atoms with E-state index in [2.05, 4.69) is 49.6 Å². The van der Waals surface area contributed by atoms with Crippen molar-refractivity contribution in [1.29, 1.82) is 0 Å². The molecule has 1 atom stereocenters. The van der Waals surface area contributed by atoms with Gasteiger partial charge in [-0.15, -0.1) is 0 Å². The monoisotopic (exact) mass is 383 g/mol. The number of piperidine rings is 1. The van der Waals surface area contributed by atoms with E-state index in [1.807, 2.05) is 19.1 Å². The van der Waals surface area contributed by atoms with Gasteiger partial charge in [0.25, 0.3) is 0 Å². The molecule has 152 valence electrons. The molecule has 1 unspecified atom stereocenters. The van der Waals surface area contributed by atoms with Crippen LogP contribution in [-0.4, -0.2) is 29.9 Å². The highest BCUT2D eigenvalue weighted by Gasteiger charge is 2.18. The van der Waals surface area contributed by atoms with Crippen LogP contribution in [0.25, 0.3) is 6.08 Å². The molecule has 1 aromatic carbocycles. The van der Waals surface area contributed by atoms with E-state index in [1.165, 1.54) is 11.1 Å². The lowest BCUT2D eigenvalue weighted by atomic mass is 9.95.